The SMILES string of the molecule is CCc1cc(COc2ccc(F)cc2C)n(C)n1. The molecular formula is C14H17FN2O. The predicted octanol–water partition coefficient (Wildman–Crippen LogP) is 3.01. The lowest BCUT2D eigenvalue weighted by Crippen LogP contribution is -2.03. The number of nitrogens with zero attached hydrogens (tertiary/aromatic N) is 2. The summed E-state index contributed by atoms with van der Waals surface area (Å²) in [6.45, 7) is 4.34. The van der Waals surface area contributed by atoms with E-state index in [-0.39, 0.29) is 5.82 Å². The van der Waals surface area contributed by atoms with E-state index in [1.54, 1.807) is 6.07 Å². The van der Waals surface area contributed by atoms with Crippen LogP contribution in [0, 0.1) is 12.7 Å². The zero-order valence-electron chi connectivity index (χ0n) is 10.9. The van der Waals surface area contributed by atoms with Crippen molar-refractivity contribution in [1.82, 2.24) is 9.78 Å². The lowest BCUT2D eigenvalue weighted by molar-refractivity contribution is 0.292. The first-order valence-corrected chi connectivity index (χ1v) is 6.01. The van der Waals surface area contributed by atoms with Gasteiger partial charge in [-0.3, -0.25) is 4.68 Å². The van der Waals surface area contributed by atoms with Gasteiger partial charge in [-0.2, -0.15) is 5.10 Å². The fraction of sp³-hybridized carbons (Fsp3) is 0.357. The summed E-state index contributed by atoms with van der Waals surface area (Å²) in [5, 5.41) is 4.35. The van der Waals surface area contributed by atoms with E-state index < -0.39 is 0 Å². The average molecular weight is 248 g/mol. The van der Waals surface area contributed by atoms with Gasteiger partial charge in [0.05, 0.1) is 11.4 Å². The number of benzene rings is 1. The Bertz CT molecular complexity index is 549. The van der Waals surface area contributed by atoms with Gasteiger partial charge in [0.15, 0.2) is 0 Å². The first-order valence-electron chi connectivity index (χ1n) is 6.01. The molecule has 1 heterocycles. The van der Waals surface area contributed by atoms with Crippen LogP contribution in [0.4, 0.5) is 4.39 Å². The highest BCUT2D eigenvalue weighted by atomic mass is 19.1. The van der Waals surface area contributed by atoms with Crippen molar-refractivity contribution in [1.29, 1.82) is 0 Å². The summed E-state index contributed by atoms with van der Waals surface area (Å²) < 4.78 is 20.5. The van der Waals surface area contributed by atoms with Crippen LogP contribution in [-0.4, -0.2) is 9.78 Å². The van der Waals surface area contributed by atoms with Crippen LogP contribution in [0.15, 0.2) is 24.3 Å². The van der Waals surface area contributed by atoms with E-state index in [4.69, 9.17) is 4.74 Å². The Morgan fingerprint density at radius 1 is 1.33 bits per heavy atom. The molecule has 0 amide bonds. The Morgan fingerprint density at radius 2 is 2.11 bits per heavy atom. The van der Waals surface area contributed by atoms with Gasteiger partial charge in [-0.25, -0.2) is 4.39 Å². The first kappa shape index (κ1) is 12.6. The molecule has 0 aliphatic carbocycles. The molecular weight excluding hydrogens is 231 g/mol. The quantitative estimate of drug-likeness (QED) is 0.831. The Morgan fingerprint density at radius 3 is 2.72 bits per heavy atom. The van der Waals surface area contributed by atoms with Crippen molar-refractivity contribution >= 4 is 0 Å². The van der Waals surface area contributed by atoms with E-state index in [2.05, 4.69) is 12.0 Å². The topological polar surface area (TPSA) is 27.1 Å². The molecule has 2 rings (SSSR count). The van der Waals surface area contributed by atoms with Gasteiger partial charge in [0, 0.05) is 7.05 Å². The van der Waals surface area contributed by atoms with Gasteiger partial charge in [-0.1, -0.05) is 6.92 Å². The van der Waals surface area contributed by atoms with Crippen LogP contribution in [0.2, 0.25) is 0 Å². The molecule has 18 heavy (non-hydrogen) atoms. The molecule has 2 aromatic rings. The summed E-state index contributed by atoms with van der Waals surface area (Å²) in [7, 11) is 1.90. The second-order valence-electron chi connectivity index (χ2n) is 4.30. The van der Waals surface area contributed by atoms with Crippen molar-refractivity contribution in [2.75, 3.05) is 0 Å². The molecule has 0 N–H and O–H groups in total. The number of hydrogen-bond donors (Lipinski definition) is 0. The number of halogens is 1. The molecule has 96 valence electrons. The van der Waals surface area contributed by atoms with Crippen LogP contribution >= 0.6 is 0 Å². The van der Waals surface area contributed by atoms with Crippen LogP contribution in [0.25, 0.3) is 0 Å². The van der Waals surface area contributed by atoms with Crippen LogP contribution in [0.3, 0.4) is 0 Å². The fourth-order valence-corrected chi connectivity index (χ4v) is 1.81. The minimum absolute atomic E-state index is 0.242. The highest BCUT2D eigenvalue weighted by Crippen LogP contribution is 2.19. The first-order chi connectivity index (χ1) is 8.60. The maximum absolute atomic E-state index is 13.0. The van der Waals surface area contributed by atoms with Crippen LogP contribution < -0.4 is 4.74 Å². The van der Waals surface area contributed by atoms with Gasteiger partial charge in [0.2, 0.25) is 0 Å². The second-order valence-corrected chi connectivity index (χ2v) is 4.30. The van der Waals surface area contributed by atoms with E-state index in [9.17, 15) is 4.39 Å². The molecule has 0 aliphatic heterocycles. The van der Waals surface area contributed by atoms with Crippen molar-refractivity contribution in [3.63, 3.8) is 0 Å². The summed E-state index contributed by atoms with van der Waals surface area (Å²) >= 11 is 0. The van der Waals surface area contributed by atoms with Crippen molar-refractivity contribution < 1.29 is 9.13 Å². The third-order valence-corrected chi connectivity index (χ3v) is 2.90. The molecule has 1 aromatic heterocycles. The maximum Gasteiger partial charge on any atom is 0.130 e. The van der Waals surface area contributed by atoms with E-state index >= 15 is 0 Å². The summed E-state index contributed by atoms with van der Waals surface area (Å²) in [6, 6.07) is 6.56. The molecule has 4 heteroatoms. The molecule has 0 bridgehead atoms. The van der Waals surface area contributed by atoms with Crippen molar-refractivity contribution in [2.45, 2.75) is 26.9 Å². The molecule has 0 saturated carbocycles. The summed E-state index contributed by atoms with van der Waals surface area (Å²) in [5.74, 6) is 0.462. The Labute approximate surface area is 106 Å². The van der Waals surface area contributed by atoms with Crippen molar-refractivity contribution in [2.24, 2.45) is 7.05 Å². The maximum atomic E-state index is 13.0. The normalized spacial score (nSPS) is 10.7. The highest BCUT2D eigenvalue weighted by molar-refractivity contribution is 5.32. The van der Waals surface area contributed by atoms with Gasteiger partial charge in [-0.05, 0) is 43.2 Å². The Kier molecular flexibility index (Phi) is 3.65. The smallest absolute Gasteiger partial charge is 0.130 e. The third-order valence-electron chi connectivity index (χ3n) is 2.90. The standard InChI is InChI=1S/C14H17FN2O/c1-4-12-8-13(17(3)16-12)9-18-14-6-5-11(15)7-10(14)2/h5-8H,4,9H2,1-3H3. The van der Waals surface area contributed by atoms with Crippen molar-refractivity contribution in [3.8, 4) is 5.75 Å². The molecule has 0 saturated heterocycles. The summed E-state index contributed by atoms with van der Waals surface area (Å²) in [4.78, 5) is 0. The van der Waals surface area contributed by atoms with Gasteiger partial charge < -0.3 is 4.74 Å². The molecule has 0 radical (unpaired) electrons. The minimum atomic E-state index is -0.242. The predicted molar refractivity (Wildman–Crippen MR) is 68.1 cm³/mol. The number of rotatable bonds is 4. The van der Waals surface area contributed by atoms with Gasteiger partial charge >= 0.3 is 0 Å². The van der Waals surface area contributed by atoms with Gasteiger partial charge in [0.1, 0.15) is 18.2 Å². The number of aryl methyl sites for hydroxylation is 3. The van der Waals surface area contributed by atoms with Crippen LogP contribution in [0.1, 0.15) is 23.9 Å². The van der Waals surface area contributed by atoms with E-state index in [0.29, 0.717) is 12.4 Å². The summed E-state index contributed by atoms with van der Waals surface area (Å²) in [5.41, 5.74) is 2.86. The lowest BCUT2D eigenvalue weighted by Gasteiger charge is -2.08. The molecule has 0 unspecified atom stereocenters. The Balaban J connectivity index is 2.08. The number of aromatic nitrogens is 2. The summed E-state index contributed by atoms with van der Waals surface area (Å²) in [6.07, 6.45) is 0.906. The van der Waals surface area contributed by atoms with Crippen LogP contribution in [-0.2, 0) is 20.1 Å². The van der Waals surface area contributed by atoms with Gasteiger partial charge in [0.25, 0.3) is 0 Å². The largest absolute Gasteiger partial charge is 0.487 e. The van der Waals surface area contributed by atoms with E-state index in [1.165, 1.54) is 12.1 Å². The monoisotopic (exact) mass is 248 g/mol. The average Bonchev–Trinajstić information content (AvgIpc) is 2.69. The molecule has 0 aliphatic rings. The lowest BCUT2D eigenvalue weighted by atomic mass is 10.2. The second kappa shape index (κ2) is 5.21. The minimum Gasteiger partial charge on any atom is -0.487 e. The van der Waals surface area contributed by atoms with E-state index in [0.717, 1.165) is 23.4 Å². The number of ether oxygens (including phenoxy) is 1. The fourth-order valence-electron chi connectivity index (χ4n) is 1.81. The molecule has 0 spiro atoms. The van der Waals surface area contributed by atoms with E-state index in [1.807, 2.05) is 24.7 Å². The zero-order chi connectivity index (χ0) is 13.1. The highest BCUT2D eigenvalue weighted by Gasteiger charge is 2.06. The van der Waals surface area contributed by atoms with Crippen LogP contribution in [0.5, 0.6) is 5.75 Å². The number of hydrogen-bond acceptors (Lipinski definition) is 2. The molecule has 3 nitrogen and oxygen atoms in total. The molecule has 0 atom stereocenters. The Hall–Kier alpha value is -1.84. The van der Waals surface area contributed by atoms with Gasteiger partial charge in [-0.15, -0.1) is 0 Å². The molecule has 1 aromatic carbocycles. The third kappa shape index (κ3) is 2.70. The molecule has 0 fully saturated rings. The zero-order valence-corrected chi connectivity index (χ0v) is 10.9. The van der Waals surface area contributed by atoms with Crippen molar-refractivity contribution in [3.05, 3.63) is 47.0 Å².